The Hall–Kier alpha value is -0.960. The predicted molar refractivity (Wildman–Crippen MR) is 79.7 cm³/mol. The molecule has 2 heterocycles. The number of aromatic nitrogens is 2. The third kappa shape index (κ3) is 3.63. The highest BCUT2D eigenvalue weighted by atomic mass is 32.2. The van der Waals surface area contributed by atoms with Gasteiger partial charge in [-0.3, -0.25) is 9.58 Å². The first kappa shape index (κ1) is 15.0. The maximum Gasteiger partial charge on any atom is 0.276 e. The third-order valence-electron chi connectivity index (χ3n) is 4.42. The Morgan fingerprint density at radius 2 is 2.00 bits per heavy atom. The van der Waals surface area contributed by atoms with Gasteiger partial charge in [0, 0.05) is 37.9 Å². The monoisotopic (exact) mass is 313 g/mol. The van der Waals surface area contributed by atoms with Crippen LogP contribution in [0.1, 0.15) is 37.3 Å². The van der Waals surface area contributed by atoms with Gasteiger partial charge in [-0.15, -0.1) is 0 Å². The van der Waals surface area contributed by atoms with Gasteiger partial charge in [-0.1, -0.05) is 0 Å². The molecule has 0 aromatic carbocycles. The molecule has 0 amide bonds. The molecule has 0 radical (unpaired) electrons. The second-order valence-electron chi connectivity index (χ2n) is 5.99. The maximum absolute atomic E-state index is 11.4. The van der Waals surface area contributed by atoms with Crippen molar-refractivity contribution in [3.63, 3.8) is 0 Å². The van der Waals surface area contributed by atoms with Gasteiger partial charge in [-0.05, 0) is 32.2 Å². The van der Waals surface area contributed by atoms with Gasteiger partial charge < -0.3 is 0 Å². The zero-order valence-electron chi connectivity index (χ0n) is 12.2. The lowest BCUT2D eigenvalue weighted by Crippen LogP contribution is -2.39. The van der Waals surface area contributed by atoms with Crippen molar-refractivity contribution < 1.29 is 8.42 Å². The molecule has 2 aliphatic rings. The van der Waals surface area contributed by atoms with Gasteiger partial charge in [0.1, 0.15) is 0 Å². The topological polar surface area (TPSA) is 84.5 Å². The van der Waals surface area contributed by atoms with Crippen LogP contribution >= 0.6 is 0 Å². The van der Waals surface area contributed by atoms with Gasteiger partial charge in [-0.25, -0.2) is 5.14 Å². The van der Waals surface area contributed by atoms with E-state index in [1.54, 1.807) is 0 Å². The fourth-order valence-electron chi connectivity index (χ4n) is 2.93. The molecule has 118 valence electrons. The SMILES string of the molecule is NS(=O)(=O)N1CCCN(Cc2cnn(C3CCC3)c2)CC1. The van der Waals surface area contributed by atoms with E-state index < -0.39 is 10.2 Å². The highest BCUT2D eigenvalue weighted by Gasteiger charge is 2.23. The summed E-state index contributed by atoms with van der Waals surface area (Å²) >= 11 is 0. The summed E-state index contributed by atoms with van der Waals surface area (Å²) in [6.07, 6.45) is 8.64. The summed E-state index contributed by atoms with van der Waals surface area (Å²) in [6.45, 7) is 3.41. The predicted octanol–water partition coefficient (Wildman–Crippen LogP) is 0.319. The lowest BCUT2D eigenvalue weighted by Gasteiger charge is -2.25. The summed E-state index contributed by atoms with van der Waals surface area (Å²) < 4.78 is 26.2. The van der Waals surface area contributed by atoms with Crippen LogP contribution in [0, 0.1) is 0 Å². The second kappa shape index (κ2) is 6.04. The summed E-state index contributed by atoms with van der Waals surface area (Å²) in [5.41, 5.74) is 1.20. The number of hydrogen-bond donors (Lipinski definition) is 1. The van der Waals surface area contributed by atoms with E-state index in [0.29, 0.717) is 25.7 Å². The Kier molecular flexibility index (Phi) is 4.30. The van der Waals surface area contributed by atoms with Crippen molar-refractivity contribution in [2.24, 2.45) is 5.14 Å². The fourth-order valence-corrected chi connectivity index (χ4v) is 3.65. The average Bonchev–Trinajstić information content (AvgIpc) is 2.64. The molecule has 0 unspecified atom stereocenters. The van der Waals surface area contributed by atoms with Crippen LogP contribution in [0.25, 0.3) is 0 Å². The molecule has 1 saturated carbocycles. The van der Waals surface area contributed by atoms with E-state index in [1.807, 2.05) is 6.20 Å². The normalized spacial score (nSPS) is 22.9. The minimum Gasteiger partial charge on any atom is -0.298 e. The fraction of sp³-hybridized carbons (Fsp3) is 0.769. The van der Waals surface area contributed by atoms with Crippen molar-refractivity contribution in [3.05, 3.63) is 18.0 Å². The Morgan fingerprint density at radius 1 is 1.19 bits per heavy atom. The summed E-state index contributed by atoms with van der Waals surface area (Å²) in [4.78, 5) is 2.27. The van der Waals surface area contributed by atoms with E-state index in [0.717, 1.165) is 19.5 Å². The van der Waals surface area contributed by atoms with Crippen LogP contribution in [-0.4, -0.2) is 53.6 Å². The molecular formula is C13H23N5O2S. The molecule has 3 rings (SSSR count). The van der Waals surface area contributed by atoms with Gasteiger partial charge >= 0.3 is 0 Å². The van der Waals surface area contributed by atoms with Crippen LogP contribution in [0.3, 0.4) is 0 Å². The van der Waals surface area contributed by atoms with Gasteiger partial charge in [0.25, 0.3) is 10.2 Å². The van der Waals surface area contributed by atoms with Crippen molar-refractivity contribution in [2.75, 3.05) is 26.2 Å². The van der Waals surface area contributed by atoms with Crippen LogP contribution in [0.4, 0.5) is 0 Å². The number of hydrogen-bond acceptors (Lipinski definition) is 4. The first-order valence-corrected chi connectivity index (χ1v) is 9.06. The van der Waals surface area contributed by atoms with Crippen molar-refractivity contribution >= 4 is 10.2 Å². The van der Waals surface area contributed by atoms with Crippen LogP contribution in [0.5, 0.6) is 0 Å². The van der Waals surface area contributed by atoms with Crippen molar-refractivity contribution in [3.8, 4) is 0 Å². The van der Waals surface area contributed by atoms with Gasteiger partial charge in [-0.2, -0.15) is 17.8 Å². The first-order valence-electron chi connectivity index (χ1n) is 7.55. The molecule has 8 heteroatoms. The van der Waals surface area contributed by atoms with Gasteiger partial charge in [0.05, 0.1) is 12.2 Å². The highest BCUT2D eigenvalue weighted by Crippen LogP contribution is 2.30. The van der Waals surface area contributed by atoms with Crippen LogP contribution in [-0.2, 0) is 16.8 Å². The number of nitrogens with zero attached hydrogens (tertiary/aromatic N) is 4. The summed E-state index contributed by atoms with van der Waals surface area (Å²) in [5, 5.41) is 9.65. The minimum absolute atomic E-state index is 0.468. The van der Waals surface area contributed by atoms with E-state index in [-0.39, 0.29) is 0 Å². The molecule has 0 atom stereocenters. The third-order valence-corrected chi connectivity index (χ3v) is 5.50. The van der Waals surface area contributed by atoms with Crippen molar-refractivity contribution in [2.45, 2.75) is 38.3 Å². The van der Waals surface area contributed by atoms with E-state index in [4.69, 9.17) is 5.14 Å². The maximum atomic E-state index is 11.4. The molecule has 21 heavy (non-hydrogen) atoms. The van der Waals surface area contributed by atoms with Gasteiger partial charge in [0.2, 0.25) is 0 Å². The molecule has 2 N–H and O–H groups in total. The number of nitrogens with two attached hydrogens (primary N) is 1. The van der Waals surface area contributed by atoms with E-state index in [2.05, 4.69) is 20.9 Å². The van der Waals surface area contributed by atoms with Crippen LogP contribution < -0.4 is 5.14 Å². The standard InChI is InChI=1S/C13H23N5O2S/c14-21(19,20)17-6-2-5-16(7-8-17)10-12-9-15-18(11-12)13-3-1-4-13/h9,11,13H,1-8,10H2,(H2,14,19,20). The summed E-state index contributed by atoms with van der Waals surface area (Å²) in [7, 11) is -3.56. The average molecular weight is 313 g/mol. The quantitative estimate of drug-likeness (QED) is 0.867. The molecule has 1 aromatic rings. The molecule has 7 nitrogen and oxygen atoms in total. The summed E-state index contributed by atoms with van der Waals surface area (Å²) in [6, 6.07) is 0.584. The zero-order valence-corrected chi connectivity index (χ0v) is 13.0. The second-order valence-corrected chi connectivity index (χ2v) is 7.53. The van der Waals surface area contributed by atoms with Crippen molar-refractivity contribution in [1.82, 2.24) is 19.0 Å². The van der Waals surface area contributed by atoms with E-state index in [9.17, 15) is 8.42 Å². The molecule has 0 bridgehead atoms. The Morgan fingerprint density at radius 3 is 2.67 bits per heavy atom. The molecular weight excluding hydrogens is 290 g/mol. The Balaban J connectivity index is 1.56. The minimum atomic E-state index is -3.56. The van der Waals surface area contributed by atoms with E-state index >= 15 is 0 Å². The largest absolute Gasteiger partial charge is 0.298 e. The molecule has 2 fully saturated rings. The van der Waals surface area contributed by atoms with Crippen LogP contribution in [0.2, 0.25) is 0 Å². The van der Waals surface area contributed by atoms with Crippen LogP contribution in [0.15, 0.2) is 12.4 Å². The lowest BCUT2D eigenvalue weighted by molar-refractivity contribution is 0.276. The smallest absolute Gasteiger partial charge is 0.276 e. The molecule has 1 aliphatic carbocycles. The molecule has 1 aromatic heterocycles. The van der Waals surface area contributed by atoms with Gasteiger partial charge in [0.15, 0.2) is 0 Å². The highest BCUT2D eigenvalue weighted by molar-refractivity contribution is 7.86. The summed E-state index contributed by atoms with van der Waals surface area (Å²) in [5.74, 6) is 0. The number of rotatable bonds is 4. The first-order chi connectivity index (χ1) is 10.0. The molecule has 1 aliphatic heterocycles. The Labute approximate surface area is 125 Å². The zero-order chi connectivity index (χ0) is 14.9. The molecule has 0 spiro atoms. The van der Waals surface area contributed by atoms with E-state index in [1.165, 1.54) is 29.1 Å². The van der Waals surface area contributed by atoms with Crippen molar-refractivity contribution in [1.29, 1.82) is 0 Å². The molecule has 1 saturated heterocycles. The lowest BCUT2D eigenvalue weighted by atomic mass is 9.93. The Bertz CT molecular complexity index is 581.